The highest BCUT2D eigenvalue weighted by Crippen LogP contribution is 2.22. The Hall–Kier alpha value is -3.08. The van der Waals surface area contributed by atoms with Gasteiger partial charge in [0.15, 0.2) is 17.7 Å². The van der Waals surface area contributed by atoms with E-state index in [2.05, 4.69) is 5.48 Å². The van der Waals surface area contributed by atoms with E-state index in [0.29, 0.717) is 18.9 Å². The third-order valence-electron chi connectivity index (χ3n) is 4.32. The lowest BCUT2D eigenvalue weighted by Gasteiger charge is -2.37. The van der Waals surface area contributed by atoms with Crippen molar-refractivity contribution in [1.29, 1.82) is 0 Å². The fourth-order valence-corrected chi connectivity index (χ4v) is 2.85. The van der Waals surface area contributed by atoms with Crippen LogP contribution in [0.5, 0.6) is 11.5 Å². The lowest BCUT2D eigenvalue weighted by molar-refractivity contribution is 0.0177. The fourth-order valence-electron chi connectivity index (χ4n) is 2.85. The van der Waals surface area contributed by atoms with Crippen LogP contribution in [-0.4, -0.2) is 59.7 Å². The van der Waals surface area contributed by atoms with E-state index < -0.39 is 23.3 Å². The van der Waals surface area contributed by atoms with Crippen molar-refractivity contribution in [3.05, 3.63) is 58.0 Å². The number of nitrogens with zero attached hydrogens (tertiary/aromatic N) is 3. The zero-order chi connectivity index (χ0) is 20.3. The Kier molecular flexibility index (Phi) is 5.83. The first-order valence-electron chi connectivity index (χ1n) is 8.57. The topological polar surface area (TPSA) is 117 Å². The Labute approximate surface area is 161 Å². The molecule has 2 heterocycles. The number of hydrogen-bond acceptors (Lipinski definition) is 8. The lowest BCUT2D eigenvalue weighted by Crippen LogP contribution is -2.53. The molecule has 1 atom stereocenters. The number of hydrogen-bond donors (Lipinski definition) is 3. The Balaban J connectivity index is 1.88. The van der Waals surface area contributed by atoms with Crippen molar-refractivity contribution < 1.29 is 24.6 Å². The van der Waals surface area contributed by atoms with Gasteiger partial charge in [-0.15, -0.1) is 5.48 Å². The number of aliphatic hydroxyl groups is 1. The van der Waals surface area contributed by atoms with Crippen LogP contribution in [0.3, 0.4) is 0 Å². The molecule has 0 fully saturated rings. The molecule has 1 aromatic carbocycles. The summed E-state index contributed by atoms with van der Waals surface area (Å²) in [6, 6.07) is 8.63. The van der Waals surface area contributed by atoms with Crippen molar-refractivity contribution in [2.75, 3.05) is 39.0 Å². The van der Waals surface area contributed by atoms with Crippen LogP contribution in [0.4, 0.5) is 0 Å². The molecule has 1 aliphatic heterocycles. The Morgan fingerprint density at radius 3 is 2.64 bits per heavy atom. The Morgan fingerprint density at radius 2 is 1.96 bits per heavy atom. The van der Waals surface area contributed by atoms with Crippen LogP contribution in [-0.2, 0) is 4.74 Å². The molecule has 0 aliphatic carbocycles. The maximum absolute atomic E-state index is 12.7. The number of aromatic nitrogens is 1. The fraction of sp³-hybridized carbons (Fsp3) is 0.333. The minimum atomic E-state index is -1.52. The average Bonchev–Trinajstić information content (AvgIpc) is 2.70. The zero-order valence-corrected chi connectivity index (χ0v) is 15.5. The lowest BCUT2D eigenvalue weighted by atomic mass is 10.1. The number of para-hydroxylation sites is 1. The molecule has 1 aliphatic rings. The summed E-state index contributed by atoms with van der Waals surface area (Å²) in [5.41, 5.74) is 1.15. The Bertz CT molecular complexity index is 901. The number of amides is 1. The molecule has 1 amide bonds. The molecule has 2 aromatic rings. The van der Waals surface area contributed by atoms with E-state index in [4.69, 9.17) is 9.57 Å². The largest absolute Gasteiger partial charge is 0.502 e. The summed E-state index contributed by atoms with van der Waals surface area (Å²) in [5.74, 6) is -0.804. The van der Waals surface area contributed by atoms with Crippen LogP contribution in [0.2, 0.25) is 0 Å². The summed E-state index contributed by atoms with van der Waals surface area (Å²) < 4.78 is 6.32. The molecular formula is C18H22N4O6. The van der Waals surface area contributed by atoms with E-state index in [9.17, 15) is 19.8 Å². The summed E-state index contributed by atoms with van der Waals surface area (Å²) in [6.07, 6.45) is -0.221. The number of benzene rings is 1. The molecule has 0 spiro atoms. The third kappa shape index (κ3) is 3.79. The number of rotatable bonds is 7. The number of pyridine rings is 1. The van der Waals surface area contributed by atoms with Crippen molar-refractivity contribution in [3.63, 3.8) is 0 Å². The van der Waals surface area contributed by atoms with Crippen LogP contribution in [0.15, 0.2) is 41.3 Å². The van der Waals surface area contributed by atoms with Crippen LogP contribution < -0.4 is 20.8 Å². The second-order valence-corrected chi connectivity index (χ2v) is 6.25. The second-order valence-electron chi connectivity index (χ2n) is 6.25. The molecule has 1 unspecified atom stereocenters. The van der Waals surface area contributed by atoms with Crippen molar-refractivity contribution >= 4 is 5.91 Å². The predicted molar refractivity (Wildman–Crippen MR) is 99.5 cm³/mol. The zero-order valence-electron chi connectivity index (χ0n) is 15.5. The van der Waals surface area contributed by atoms with Gasteiger partial charge in [0.25, 0.3) is 5.91 Å². The minimum absolute atomic E-state index is 0.165. The second kappa shape index (κ2) is 8.30. The van der Waals surface area contributed by atoms with Crippen molar-refractivity contribution in [2.24, 2.45) is 0 Å². The number of nitrogens with one attached hydrogen (secondary N) is 1. The van der Waals surface area contributed by atoms with E-state index in [1.807, 2.05) is 0 Å². The molecular weight excluding hydrogens is 368 g/mol. The summed E-state index contributed by atoms with van der Waals surface area (Å²) in [7, 11) is 3.20. The first kappa shape index (κ1) is 19.7. The molecule has 0 radical (unpaired) electrons. The molecule has 3 N–H and O–H groups in total. The summed E-state index contributed by atoms with van der Waals surface area (Å²) in [5, 5.41) is 22.3. The molecule has 0 bridgehead atoms. The number of hydroxylamine groups is 1. The van der Waals surface area contributed by atoms with Crippen molar-refractivity contribution in [1.82, 2.24) is 15.1 Å². The maximum Gasteiger partial charge on any atom is 0.277 e. The average molecular weight is 390 g/mol. The van der Waals surface area contributed by atoms with Crippen molar-refractivity contribution in [2.45, 2.75) is 6.23 Å². The summed E-state index contributed by atoms with van der Waals surface area (Å²) >= 11 is 0. The first-order chi connectivity index (χ1) is 13.4. The molecule has 0 saturated carbocycles. The van der Waals surface area contributed by atoms with E-state index in [0.717, 1.165) is 0 Å². The van der Waals surface area contributed by atoms with Gasteiger partial charge in [0.2, 0.25) is 5.43 Å². The number of carbonyl (C=O) groups excluding carboxylic acids is 1. The van der Waals surface area contributed by atoms with Gasteiger partial charge in [-0.05, 0) is 12.1 Å². The molecule has 0 saturated heterocycles. The number of ether oxygens (including phenoxy) is 1. The first-order valence-corrected chi connectivity index (χ1v) is 8.57. The van der Waals surface area contributed by atoms with Gasteiger partial charge in [0.05, 0.1) is 12.2 Å². The number of carbonyl (C=O) groups is 1. The highest BCUT2D eigenvalue weighted by Gasteiger charge is 2.33. The third-order valence-corrected chi connectivity index (χ3v) is 4.32. The van der Waals surface area contributed by atoms with Gasteiger partial charge in [-0.25, -0.2) is 0 Å². The van der Waals surface area contributed by atoms with E-state index in [-0.39, 0.29) is 17.9 Å². The number of aliphatic hydroxyl groups excluding tert-OH is 1. The van der Waals surface area contributed by atoms with Crippen LogP contribution in [0, 0.1) is 0 Å². The Morgan fingerprint density at radius 1 is 1.25 bits per heavy atom. The summed E-state index contributed by atoms with van der Waals surface area (Å²) in [4.78, 5) is 31.9. The molecule has 3 rings (SSSR count). The molecule has 1 aromatic heterocycles. The number of fused-ring (bicyclic) bond motifs is 1. The van der Waals surface area contributed by atoms with Gasteiger partial charge < -0.3 is 24.7 Å². The van der Waals surface area contributed by atoms with Crippen LogP contribution in [0.1, 0.15) is 22.3 Å². The number of methoxy groups -OCH3 is 1. The normalized spacial score (nSPS) is 14.8. The molecule has 10 heteroatoms. The van der Waals surface area contributed by atoms with Crippen molar-refractivity contribution in [3.8, 4) is 11.5 Å². The van der Waals surface area contributed by atoms with E-state index >= 15 is 0 Å². The van der Waals surface area contributed by atoms with Crippen LogP contribution >= 0.6 is 0 Å². The van der Waals surface area contributed by atoms with Crippen LogP contribution in [0.25, 0.3) is 0 Å². The molecule has 150 valence electrons. The van der Waals surface area contributed by atoms with Gasteiger partial charge in [0, 0.05) is 26.9 Å². The standard InChI is InChI=1S/C18H22N4O6/c1-20-11-21(8-9-27-2)18(26)14-16(24)15(23)13(10-22(14)20)17(25)19-28-12-6-4-3-5-7-12/h3-7,10,17,19,24-25H,8-9,11H2,1-2H3. The highest BCUT2D eigenvalue weighted by molar-refractivity contribution is 5.96. The van der Waals surface area contributed by atoms with Gasteiger partial charge in [-0.1, -0.05) is 18.2 Å². The predicted octanol–water partition coefficient (Wildman–Crippen LogP) is -0.244. The molecule has 10 nitrogen and oxygen atoms in total. The van der Waals surface area contributed by atoms with Gasteiger partial charge in [0.1, 0.15) is 12.4 Å². The van der Waals surface area contributed by atoms with Gasteiger partial charge in [-0.3, -0.25) is 19.3 Å². The molecule has 28 heavy (non-hydrogen) atoms. The van der Waals surface area contributed by atoms with E-state index in [1.165, 1.54) is 22.9 Å². The smallest absolute Gasteiger partial charge is 0.277 e. The SMILES string of the molecule is COCCN1CN(C)n2cc(C(O)NOc3ccccc3)c(=O)c(O)c2C1=O. The number of aromatic hydroxyl groups is 1. The maximum atomic E-state index is 12.7. The quantitative estimate of drug-likeness (QED) is 0.438. The monoisotopic (exact) mass is 390 g/mol. The minimum Gasteiger partial charge on any atom is -0.502 e. The van der Waals surface area contributed by atoms with Gasteiger partial charge >= 0.3 is 0 Å². The highest BCUT2D eigenvalue weighted by atomic mass is 16.7. The van der Waals surface area contributed by atoms with E-state index in [1.54, 1.807) is 42.4 Å². The van der Waals surface area contributed by atoms with Gasteiger partial charge in [-0.2, -0.15) is 0 Å². The summed E-state index contributed by atoms with van der Waals surface area (Å²) in [6.45, 7) is 0.854.